The quantitative estimate of drug-likeness (QED) is 0.851. The molecule has 0 aliphatic heterocycles. The van der Waals surface area contributed by atoms with Gasteiger partial charge in [-0.2, -0.15) is 0 Å². The number of nitrogens with one attached hydrogen (secondary N) is 1. The number of methoxy groups -OCH3 is 1. The highest BCUT2D eigenvalue weighted by Crippen LogP contribution is 2.19. The van der Waals surface area contributed by atoms with Gasteiger partial charge in [-0.1, -0.05) is 17.7 Å². The van der Waals surface area contributed by atoms with Crippen molar-refractivity contribution in [3.05, 3.63) is 54.1 Å². The SMILES string of the molecule is COc1ccc(NS(=O)(=O)c2ccc(C)cc2)cc1.[F-]. The highest BCUT2D eigenvalue weighted by atomic mass is 32.2. The monoisotopic (exact) mass is 296 g/mol. The lowest BCUT2D eigenvalue weighted by Crippen LogP contribution is -3.00. The number of aryl methyl sites for hydroxylation is 1. The minimum Gasteiger partial charge on any atom is -1.00 e. The van der Waals surface area contributed by atoms with Crippen LogP contribution in [0.25, 0.3) is 0 Å². The van der Waals surface area contributed by atoms with Crippen LogP contribution in [-0.4, -0.2) is 15.5 Å². The van der Waals surface area contributed by atoms with Crippen LogP contribution in [0.1, 0.15) is 5.56 Å². The molecule has 0 saturated heterocycles. The Balaban J connectivity index is 0.00000200. The number of hydrogen-bond donors (Lipinski definition) is 1. The largest absolute Gasteiger partial charge is 1.00 e. The summed E-state index contributed by atoms with van der Waals surface area (Å²) in [4.78, 5) is 0.244. The Hall–Kier alpha value is -2.08. The van der Waals surface area contributed by atoms with Gasteiger partial charge in [0.25, 0.3) is 10.0 Å². The van der Waals surface area contributed by atoms with Gasteiger partial charge in [0.05, 0.1) is 12.0 Å². The van der Waals surface area contributed by atoms with Crippen LogP contribution < -0.4 is 14.2 Å². The lowest BCUT2D eigenvalue weighted by Gasteiger charge is -2.08. The van der Waals surface area contributed by atoms with Crippen molar-refractivity contribution in [2.75, 3.05) is 11.8 Å². The first-order valence-electron chi connectivity index (χ1n) is 5.75. The average molecular weight is 296 g/mol. The number of hydrogen-bond acceptors (Lipinski definition) is 3. The zero-order valence-electron chi connectivity index (χ0n) is 11.1. The first kappa shape index (κ1) is 16.0. The van der Waals surface area contributed by atoms with Gasteiger partial charge in [-0.25, -0.2) is 8.42 Å². The van der Waals surface area contributed by atoms with E-state index in [1.54, 1.807) is 55.6 Å². The summed E-state index contributed by atoms with van der Waals surface area (Å²) in [5.74, 6) is 0.679. The normalized spacial score (nSPS) is 10.5. The minimum absolute atomic E-state index is 0. The van der Waals surface area contributed by atoms with E-state index in [4.69, 9.17) is 4.74 Å². The first-order valence-corrected chi connectivity index (χ1v) is 7.23. The average Bonchev–Trinajstić information content (AvgIpc) is 2.40. The van der Waals surface area contributed by atoms with E-state index in [1.165, 1.54) is 0 Å². The summed E-state index contributed by atoms with van der Waals surface area (Å²) in [7, 11) is -1.98. The summed E-state index contributed by atoms with van der Waals surface area (Å²) < 4.78 is 31.8. The van der Waals surface area contributed by atoms with Gasteiger partial charge in [-0.3, -0.25) is 4.72 Å². The van der Waals surface area contributed by atoms with Crippen molar-refractivity contribution in [1.29, 1.82) is 0 Å². The third-order valence-corrected chi connectivity index (χ3v) is 4.07. The molecule has 0 heterocycles. The fraction of sp³-hybridized carbons (Fsp3) is 0.143. The summed E-state index contributed by atoms with van der Waals surface area (Å²) in [5, 5.41) is 0. The van der Waals surface area contributed by atoms with Gasteiger partial charge in [0.15, 0.2) is 0 Å². The highest BCUT2D eigenvalue weighted by Gasteiger charge is 2.13. The van der Waals surface area contributed by atoms with Crippen LogP contribution in [0.3, 0.4) is 0 Å². The first-order chi connectivity index (χ1) is 9.01. The summed E-state index contributed by atoms with van der Waals surface area (Å²) in [5.41, 5.74) is 1.52. The fourth-order valence-electron chi connectivity index (χ4n) is 1.59. The zero-order valence-corrected chi connectivity index (χ0v) is 11.9. The molecule has 0 spiro atoms. The van der Waals surface area contributed by atoms with Gasteiger partial charge in [-0.15, -0.1) is 0 Å². The van der Waals surface area contributed by atoms with Gasteiger partial charge in [0.2, 0.25) is 0 Å². The van der Waals surface area contributed by atoms with Crippen LogP contribution in [0.2, 0.25) is 0 Å². The maximum Gasteiger partial charge on any atom is 0.261 e. The van der Waals surface area contributed by atoms with Crippen molar-refractivity contribution in [2.24, 2.45) is 0 Å². The number of halogens is 1. The van der Waals surface area contributed by atoms with Crippen molar-refractivity contribution < 1.29 is 17.9 Å². The van der Waals surface area contributed by atoms with Crippen LogP contribution in [0.5, 0.6) is 5.75 Å². The van der Waals surface area contributed by atoms with Gasteiger partial charge < -0.3 is 9.44 Å². The maximum atomic E-state index is 12.1. The van der Waals surface area contributed by atoms with Crippen LogP contribution >= 0.6 is 0 Å². The van der Waals surface area contributed by atoms with Crippen LogP contribution in [-0.2, 0) is 10.0 Å². The van der Waals surface area contributed by atoms with E-state index in [0.29, 0.717) is 11.4 Å². The van der Waals surface area contributed by atoms with Crippen LogP contribution in [0, 0.1) is 6.92 Å². The second-order valence-electron chi connectivity index (χ2n) is 4.15. The zero-order chi connectivity index (χ0) is 13.9. The molecule has 2 aromatic carbocycles. The molecule has 0 radical (unpaired) electrons. The standard InChI is InChI=1S/C14H15NO3S.FH/c1-11-3-9-14(10-4-11)19(16,17)15-12-5-7-13(18-2)8-6-12;/h3-10,15H,1-2H3;1H/p-1. The Morgan fingerprint density at radius 1 is 0.950 bits per heavy atom. The molecule has 0 saturated carbocycles. The van der Waals surface area contributed by atoms with Crippen molar-refractivity contribution in [3.63, 3.8) is 0 Å². The van der Waals surface area contributed by atoms with Crippen LogP contribution in [0.4, 0.5) is 5.69 Å². The molecule has 6 heteroatoms. The molecule has 0 amide bonds. The summed E-state index contributed by atoms with van der Waals surface area (Å²) in [6.45, 7) is 1.91. The molecule has 2 aromatic rings. The molecule has 0 aliphatic rings. The Labute approximate surface area is 117 Å². The second kappa shape index (κ2) is 6.38. The third-order valence-electron chi connectivity index (χ3n) is 2.67. The molecular weight excluding hydrogens is 281 g/mol. The number of sulfonamides is 1. The molecule has 0 fully saturated rings. The molecule has 0 aliphatic carbocycles. The van der Waals surface area contributed by atoms with Gasteiger partial charge in [0.1, 0.15) is 5.75 Å². The molecule has 108 valence electrons. The van der Waals surface area contributed by atoms with Crippen LogP contribution in [0.15, 0.2) is 53.4 Å². The summed E-state index contributed by atoms with van der Waals surface area (Å²) >= 11 is 0. The number of rotatable bonds is 4. The van der Waals surface area contributed by atoms with E-state index in [0.717, 1.165) is 5.56 Å². The van der Waals surface area contributed by atoms with Crippen molar-refractivity contribution in [1.82, 2.24) is 0 Å². The molecule has 4 nitrogen and oxygen atoms in total. The van der Waals surface area contributed by atoms with E-state index < -0.39 is 10.0 Å². The van der Waals surface area contributed by atoms with Crippen molar-refractivity contribution in [3.8, 4) is 5.75 Å². The molecule has 1 N–H and O–H groups in total. The number of ether oxygens (including phenoxy) is 1. The maximum absolute atomic E-state index is 12.1. The summed E-state index contributed by atoms with van der Waals surface area (Å²) in [6.07, 6.45) is 0. The van der Waals surface area contributed by atoms with Gasteiger partial charge in [0, 0.05) is 5.69 Å². The van der Waals surface area contributed by atoms with E-state index in [1.807, 2.05) is 6.92 Å². The van der Waals surface area contributed by atoms with Gasteiger partial charge >= 0.3 is 0 Å². The second-order valence-corrected chi connectivity index (χ2v) is 5.83. The molecule has 0 atom stereocenters. The van der Waals surface area contributed by atoms with E-state index in [9.17, 15) is 8.42 Å². The van der Waals surface area contributed by atoms with E-state index in [-0.39, 0.29) is 9.60 Å². The molecule has 2 rings (SSSR count). The topological polar surface area (TPSA) is 55.4 Å². The predicted molar refractivity (Wildman–Crippen MR) is 75.0 cm³/mol. The highest BCUT2D eigenvalue weighted by molar-refractivity contribution is 7.92. The molecule has 0 unspecified atom stereocenters. The minimum atomic E-state index is -3.54. The lowest BCUT2D eigenvalue weighted by molar-refractivity contribution is -0.00000663. The Kier molecular flexibility index (Phi) is 5.10. The van der Waals surface area contributed by atoms with Crippen molar-refractivity contribution in [2.45, 2.75) is 11.8 Å². The van der Waals surface area contributed by atoms with Gasteiger partial charge in [-0.05, 0) is 43.3 Å². The molecule has 20 heavy (non-hydrogen) atoms. The number of benzene rings is 2. The predicted octanol–water partition coefficient (Wildman–Crippen LogP) is -0.192. The Morgan fingerprint density at radius 3 is 2.00 bits per heavy atom. The fourth-order valence-corrected chi connectivity index (χ4v) is 2.65. The smallest absolute Gasteiger partial charge is 0.261 e. The summed E-state index contributed by atoms with van der Waals surface area (Å²) in [6, 6.07) is 13.4. The Morgan fingerprint density at radius 2 is 1.50 bits per heavy atom. The van der Waals surface area contributed by atoms with Crippen molar-refractivity contribution >= 4 is 15.7 Å². The van der Waals surface area contributed by atoms with E-state index in [2.05, 4.69) is 4.72 Å². The molecular formula is C14H15FNO3S-. The third kappa shape index (κ3) is 3.71. The lowest BCUT2D eigenvalue weighted by atomic mass is 10.2. The Bertz CT molecular complexity index is 652. The molecule has 0 aromatic heterocycles. The van der Waals surface area contributed by atoms with E-state index >= 15 is 0 Å². The number of anilines is 1. The molecule has 0 bridgehead atoms.